The molecule has 1 unspecified atom stereocenters. The highest BCUT2D eigenvalue weighted by Crippen LogP contribution is 2.26. The Balaban J connectivity index is 1.42. The Hall–Kier alpha value is -2.18. The number of fused-ring (bicyclic) bond motifs is 1. The molecular formula is C20H25N3O3. The molecule has 1 atom stereocenters. The van der Waals surface area contributed by atoms with E-state index < -0.39 is 0 Å². The van der Waals surface area contributed by atoms with Crippen LogP contribution in [-0.2, 0) is 24.1 Å². The Morgan fingerprint density at radius 3 is 3.00 bits per heavy atom. The highest BCUT2D eigenvalue weighted by atomic mass is 16.5. The number of carbonyl (C=O) groups is 1. The zero-order valence-corrected chi connectivity index (χ0v) is 15.2. The van der Waals surface area contributed by atoms with Crippen LogP contribution >= 0.6 is 0 Å². The standard InChI is InChI=1S/C20H25N3O3/c1-14-3-2-4-15(11-14)20(24)21-16-5-6-19-17(12-16)18(22-26-19)13-23-7-9-25-10-8-23/h2-4,11,16H,5-10,12-13H2,1H3,(H,21,24). The summed E-state index contributed by atoms with van der Waals surface area (Å²) in [4.78, 5) is 14.9. The molecule has 1 saturated heterocycles. The van der Waals surface area contributed by atoms with Crippen LogP contribution in [0.4, 0.5) is 0 Å². The van der Waals surface area contributed by atoms with E-state index in [-0.39, 0.29) is 11.9 Å². The average Bonchev–Trinajstić information content (AvgIpc) is 3.05. The van der Waals surface area contributed by atoms with E-state index in [1.54, 1.807) is 0 Å². The number of benzene rings is 1. The lowest BCUT2D eigenvalue weighted by molar-refractivity contribution is 0.0331. The van der Waals surface area contributed by atoms with E-state index in [1.165, 1.54) is 5.56 Å². The molecule has 2 aliphatic rings. The van der Waals surface area contributed by atoms with Crippen molar-refractivity contribution in [3.8, 4) is 0 Å². The van der Waals surface area contributed by atoms with Crippen molar-refractivity contribution >= 4 is 5.91 Å². The molecule has 0 spiro atoms. The number of aromatic nitrogens is 1. The SMILES string of the molecule is Cc1cccc(C(=O)NC2CCc3onc(CN4CCOCC4)c3C2)c1. The molecular weight excluding hydrogens is 330 g/mol. The Morgan fingerprint density at radius 1 is 1.35 bits per heavy atom. The molecule has 1 amide bonds. The fourth-order valence-electron chi connectivity index (χ4n) is 3.74. The maximum Gasteiger partial charge on any atom is 0.251 e. The first-order valence-electron chi connectivity index (χ1n) is 9.33. The quantitative estimate of drug-likeness (QED) is 0.910. The molecule has 1 N–H and O–H groups in total. The number of aryl methyl sites for hydroxylation is 2. The Labute approximate surface area is 153 Å². The van der Waals surface area contributed by atoms with Gasteiger partial charge in [0, 0.05) is 43.2 Å². The molecule has 6 heteroatoms. The fourth-order valence-corrected chi connectivity index (χ4v) is 3.74. The predicted octanol–water partition coefficient (Wildman–Crippen LogP) is 2.10. The number of morpholine rings is 1. The fraction of sp³-hybridized carbons (Fsp3) is 0.500. The van der Waals surface area contributed by atoms with Gasteiger partial charge in [0.15, 0.2) is 0 Å². The number of carbonyl (C=O) groups excluding carboxylic acids is 1. The van der Waals surface area contributed by atoms with Crippen molar-refractivity contribution in [1.82, 2.24) is 15.4 Å². The number of hydrogen-bond donors (Lipinski definition) is 1. The second kappa shape index (κ2) is 7.60. The number of amides is 1. The minimum absolute atomic E-state index is 0.00617. The first-order chi connectivity index (χ1) is 12.7. The second-order valence-electron chi connectivity index (χ2n) is 7.20. The van der Waals surface area contributed by atoms with Crippen molar-refractivity contribution in [2.75, 3.05) is 26.3 Å². The van der Waals surface area contributed by atoms with Crippen LogP contribution in [0.15, 0.2) is 28.8 Å². The number of rotatable bonds is 4. The summed E-state index contributed by atoms with van der Waals surface area (Å²) in [5.41, 5.74) is 4.00. The minimum atomic E-state index is -0.00617. The van der Waals surface area contributed by atoms with Crippen LogP contribution in [0.25, 0.3) is 0 Å². The van der Waals surface area contributed by atoms with Crippen molar-refractivity contribution < 1.29 is 14.1 Å². The van der Waals surface area contributed by atoms with Gasteiger partial charge in [0.05, 0.1) is 13.2 Å². The van der Waals surface area contributed by atoms with E-state index in [2.05, 4.69) is 15.4 Å². The third-order valence-electron chi connectivity index (χ3n) is 5.21. The first kappa shape index (κ1) is 17.2. The highest BCUT2D eigenvalue weighted by Gasteiger charge is 2.28. The maximum absolute atomic E-state index is 12.5. The maximum atomic E-state index is 12.5. The second-order valence-corrected chi connectivity index (χ2v) is 7.20. The van der Waals surface area contributed by atoms with Crippen LogP contribution in [0.1, 0.15) is 39.4 Å². The van der Waals surface area contributed by atoms with Gasteiger partial charge in [-0.25, -0.2) is 0 Å². The lowest BCUT2D eigenvalue weighted by Gasteiger charge is -2.27. The Bertz CT molecular complexity index is 780. The summed E-state index contributed by atoms with van der Waals surface area (Å²) < 4.78 is 11.0. The molecule has 0 radical (unpaired) electrons. The van der Waals surface area contributed by atoms with Crippen molar-refractivity contribution in [2.24, 2.45) is 0 Å². The van der Waals surface area contributed by atoms with Crippen molar-refractivity contribution in [2.45, 2.75) is 38.8 Å². The summed E-state index contributed by atoms with van der Waals surface area (Å²) in [5, 5.41) is 7.49. The van der Waals surface area contributed by atoms with Crippen molar-refractivity contribution in [1.29, 1.82) is 0 Å². The van der Waals surface area contributed by atoms with Crippen LogP contribution in [0.3, 0.4) is 0 Å². The molecule has 26 heavy (non-hydrogen) atoms. The van der Waals surface area contributed by atoms with E-state index in [1.807, 2.05) is 31.2 Å². The lowest BCUT2D eigenvalue weighted by atomic mass is 9.91. The molecule has 1 aromatic carbocycles. The van der Waals surface area contributed by atoms with Crippen LogP contribution in [0.5, 0.6) is 0 Å². The lowest BCUT2D eigenvalue weighted by Crippen LogP contribution is -2.39. The van der Waals surface area contributed by atoms with Crippen LogP contribution < -0.4 is 5.32 Å². The van der Waals surface area contributed by atoms with Gasteiger partial charge < -0.3 is 14.6 Å². The highest BCUT2D eigenvalue weighted by molar-refractivity contribution is 5.94. The zero-order chi connectivity index (χ0) is 17.9. The Kier molecular flexibility index (Phi) is 5.04. The van der Waals surface area contributed by atoms with Gasteiger partial charge in [0.1, 0.15) is 11.5 Å². The molecule has 0 bridgehead atoms. The largest absolute Gasteiger partial charge is 0.379 e. The van der Waals surface area contributed by atoms with Gasteiger partial charge >= 0.3 is 0 Å². The summed E-state index contributed by atoms with van der Waals surface area (Å²) in [5.74, 6) is 0.975. The van der Waals surface area contributed by atoms with Crippen LogP contribution in [0, 0.1) is 6.92 Å². The summed E-state index contributed by atoms with van der Waals surface area (Å²) in [6.07, 6.45) is 2.50. The molecule has 1 aromatic heterocycles. The molecule has 2 aromatic rings. The molecule has 1 aliphatic heterocycles. The summed E-state index contributed by atoms with van der Waals surface area (Å²) >= 11 is 0. The van der Waals surface area contributed by atoms with Gasteiger partial charge in [0.25, 0.3) is 5.91 Å². The van der Waals surface area contributed by atoms with E-state index in [0.717, 1.165) is 74.7 Å². The Morgan fingerprint density at radius 2 is 2.19 bits per heavy atom. The molecule has 4 rings (SSSR count). The zero-order valence-electron chi connectivity index (χ0n) is 15.2. The van der Waals surface area contributed by atoms with Gasteiger partial charge in [-0.3, -0.25) is 9.69 Å². The van der Waals surface area contributed by atoms with Gasteiger partial charge in [-0.1, -0.05) is 22.9 Å². The number of nitrogens with one attached hydrogen (secondary N) is 1. The summed E-state index contributed by atoms with van der Waals surface area (Å²) in [7, 11) is 0. The van der Waals surface area contributed by atoms with Crippen molar-refractivity contribution in [3.63, 3.8) is 0 Å². The van der Waals surface area contributed by atoms with E-state index in [9.17, 15) is 4.79 Å². The van der Waals surface area contributed by atoms with Gasteiger partial charge in [-0.05, 0) is 31.9 Å². The normalized spacial score (nSPS) is 20.6. The summed E-state index contributed by atoms with van der Waals surface area (Å²) in [6.45, 7) is 6.19. The topological polar surface area (TPSA) is 67.6 Å². The molecule has 6 nitrogen and oxygen atoms in total. The monoisotopic (exact) mass is 355 g/mol. The predicted molar refractivity (Wildman–Crippen MR) is 97.1 cm³/mol. The average molecular weight is 355 g/mol. The van der Waals surface area contributed by atoms with Gasteiger partial charge in [-0.2, -0.15) is 0 Å². The molecule has 1 fully saturated rings. The number of ether oxygens (including phenoxy) is 1. The number of nitrogens with zero attached hydrogens (tertiary/aromatic N) is 2. The third-order valence-corrected chi connectivity index (χ3v) is 5.21. The molecule has 138 valence electrons. The van der Waals surface area contributed by atoms with E-state index >= 15 is 0 Å². The van der Waals surface area contributed by atoms with Crippen LogP contribution in [0.2, 0.25) is 0 Å². The molecule has 0 saturated carbocycles. The van der Waals surface area contributed by atoms with E-state index in [0.29, 0.717) is 0 Å². The number of hydrogen-bond acceptors (Lipinski definition) is 5. The molecule has 1 aliphatic carbocycles. The smallest absolute Gasteiger partial charge is 0.251 e. The first-order valence-corrected chi connectivity index (χ1v) is 9.33. The van der Waals surface area contributed by atoms with Gasteiger partial charge in [0.2, 0.25) is 0 Å². The van der Waals surface area contributed by atoms with Gasteiger partial charge in [-0.15, -0.1) is 0 Å². The van der Waals surface area contributed by atoms with E-state index in [4.69, 9.17) is 9.26 Å². The van der Waals surface area contributed by atoms with Crippen molar-refractivity contribution in [3.05, 3.63) is 52.4 Å². The third kappa shape index (κ3) is 3.81. The molecule has 2 heterocycles. The summed E-state index contributed by atoms with van der Waals surface area (Å²) in [6, 6.07) is 7.83. The minimum Gasteiger partial charge on any atom is -0.379 e. The van der Waals surface area contributed by atoms with Crippen LogP contribution in [-0.4, -0.2) is 48.3 Å².